The summed E-state index contributed by atoms with van der Waals surface area (Å²) in [4.78, 5) is 13.0. The van der Waals surface area contributed by atoms with Crippen LogP contribution in [0.15, 0.2) is 47.4 Å². The van der Waals surface area contributed by atoms with Crippen molar-refractivity contribution in [3.05, 3.63) is 53.1 Å². The predicted molar refractivity (Wildman–Crippen MR) is 91.0 cm³/mol. The summed E-state index contributed by atoms with van der Waals surface area (Å²) in [6, 6.07) is 13.0. The van der Waals surface area contributed by atoms with Gasteiger partial charge in [0.05, 0.1) is 10.7 Å². The summed E-state index contributed by atoms with van der Waals surface area (Å²) in [6.07, 6.45) is 0.421. The first kappa shape index (κ1) is 15.7. The fourth-order valence-corrected chi connectivity index (χ4v) is 3.01. The molecular weight excluding hydrogens is 304 g/mol. The molecule has 0 aliphatic heterocycles. The van der Waals surface area contributed by atoms with Crippen LogP contribution in [0.25, 0.3) is 0 Å². The summed E-state index contributed by atoms with van der Waals surface area (Å²) in [5, 5.41) is 3.36. The van der Waals surface area contributed by atoms with E-state index in [-0.39, 0.29) is 5.91 Å². The van der Waals surface area contributed by atoms with E-state index in [4.69, 9.17) is 17.3 Å². The number of anilines is 2. The second-order valence-electron chi connectivity index (χ2n) is 4.65. The van der Waals surface area contributed by atoms with Gasteiger partial charge in [-0.25, -0.2) is 0 Å². The van der Waals surface area contributed by atoms with Crippen molar-refractivity contribution in [2.75, 3.05) is 16.8 Å². The maximum Gasteiger partial charge on any atom is 0.225 e. The molecule has 0 aliphatic rings. The van der Waals surface area contributed by atoms with Gasteiger partial charge in [-0.3, -0.25) is 4.79 Å². The van der Waals surface area contributed by atoms with Crippen LogP contribution in [0.5, 0.6) is 0 Å². The van der Waals surface area contributed by atoms with E-state index < -0.39 is 0 Å². The molecule has 0 heterocycles. The molecule has 0 bridgehead atoms. The Hall–Kier alpha value is -1.65. The summed E-state index contributed by atoms with van der Waals surface area (Å²) < 4.78 is 0. The Balaban J connectivity index is 1.85. The van der Waals surface area contributed by atoms with Gasteiger partial charge in [0.15, 0.2) is 0 Å². The second kappa shape index (κ2) is 7.38. The maximum atomic E-state index is 11.9. The first-order valence-corrected chi connectivity index (χ1v) is 7.96. The standard InChI is InChI=1S/C16H17ClN2OS/c1-11-6-7-12(18)10-15(11)21-9-8-16(20)19-14-5-3-2-4-13(14)17/h2-7,10H,8-9,18H2,1H3,(H,19,20). The molecule has 2 aromatic carbocycles. The van der Waals surface area contributed by atoms with Crippen molar-refractivity contribution in [2.24, 2.45) is 0 Å². The molecule has 0 aromatic heterocycles. The van der Waals surface area contributed by atoms with Gasteiger partial charge in [0.25, 0.3) is 0 Å². The Labute approximate surface area is 133 Å². The summed E-state index contributed by atoms with van der Waals surface area (Å²) in [5.41, 5.74) is 8.32. The predicted octanol–water partition coefficient (Wildman–Crippen LogP) is 4.35. The lowest BCUT2D eigenvalue weighted by Crippen LogP contribution is -2.12. The molecule has 21 heavy (non-hydrogen) atoms. The van der Waals surface area contributed by atoms with Crippen molar-refractivity contribution < 1.29 is 4.79 Å². The van der Waals surface area contributed by atoms with Gasteiger partial charge in [-0.05, 0) is 36.8 Å². The third-order valence-electron chi connectivity index (χ3n) is 2.95. The number of benzene rings is 2. The number of aryl methyl sites for hydroxylation is 1. The largest absolute Gasteiger partial charge is 0.399 e. The highest BCUT2D eigenvalue weighted by Gasteiger charge is 2.06. The minimum absolute atomic E-state index is 0.0443. The Morgan fingerprint density at radius 3 is 2.81 bits per heavy atom. The summed E-state index contributed by atoms with van der Waals surface area (Å²) >= 11 is 7.63. The first-order valence-electron chi connectivity index (χ1n) is 6.59. The molecule has 3 N–H and O–H groups in total. The van der Waals surface area contributed by atoms with Crippen molar-refractivity contribution in [3.63, 3.8) is 0 Å². The Morgan fingerprint density at radius 1 is 1.29 bits per heavy atom. The molecule has 0 saturated heterocycles. The number of carbonyl (C=O) groups excluding carboxylic acids is 1. The number of halogens is 1. The van der Waals surface area contributed by atoms with E-state index in [0.29, 0.717) is 22.9 Å². The van der Waals surface area contributed by atoms with E-state index >= 15 is 0 Å². The van der Waals surface area contributed by atoms with Crippen molar-refractivity contribution in [2.45, 2.75) is 18.2 Å². The second-order valence-corrected chi connectivity index (χ2v) is 6.20. The van der Waals surface area contributed by atoms with Gasteiger partial charge in [-0.15, -0.1) is 11.8 Å². The number of nitrogen functional groups attached to an aromatic ring is 1. The quantitative estimate of drug-likeness (QED) is 0.636. The minimum atomic E-state index is -0.0443. The van der Waals surface area contributed by atoms with Gasteiger partial charge in [0, 0.05) is 22.8 Å². The third kappa shape index (κ3) is 4.69. The van der Waals surface area contributed by atoms with Crippen molar-refractivity contribution in [1.82, 2.24) is 0 Å². The first-order chi connectivity index (χ1) is 10.1. The van der Waals surface area contributed by atoms with Crippen molar-refractivity contribution in [3.8, 4) is 0 Å². The van der Waals surface area contributed by atoms with Gasteiger partial charge >= 0.3 is 0 Å². The molecule has 5 heteroatoms. The number of rotatable bonds is 5. The smallest absolute Gasteiger partial charge is 0.225 e. The van der Waals surface area contributed by atoms with Crippen LogP contribution >= 0.6 is 23.4 Å². The van der Waals surface area contributed by atoms with E-state index in [0.717, 1.165) is 10.6 Å². The summed E-state index contributed by atoms with van der Waals surface area (Å²) in [7, 11) is 0. The molecule has 0 radical (unpaired) electrons. The van der Waals surface area contributed by atoms with Gasteiger partial charge in [-0.2, -0.15) is 0 Å². The average Bonchev–Trinajstić information content (AvgIpc) is 2.45. The molecule has 2 aromatic rings. The lowest BCUT2D eigenvalue weighted by molar-refractivity contribution is -0.115. The normalized spacial score (nSPS) is 10.4. The highest BCUT2D eigenvalue weighted by atomic mass is 35.5. The topological polar surface area (TPSA) is 55.1 Å². The fourth-order valence-electron chi connectivity index (χ4n) is 1.80. The molecule has 0 fully saturated rings. The van der Waals surface area contributed by atoms with Crippen LogP contribution in [-0.4, -0.2) is 11.7 Å². The van der Waals surface area contributed by atoms with Crippen LogP contribution in [0.3, 0.4) is 0 Å². The maximum absolute atomic E-state index is 11.9. The van der Waals surface area contributed by atoms with E-state index in [1.54, 1.807) is 23.9 Å². The lowest BCUT2D eigenvalue weighted by atomic mass is 10.2. The Kier molecular flexibility index (Phi) is 5.53. The number of para-hydroxylation sites is 1. The summed E-state index contributed by atoms with van der Waals surface area (Å²) in [5.74, 6) is 0.651. The molecule has 2 rings (SSSR count). The van der Waals surface area contributed by atoms with Crippen LogP contribution in [-0.2, 0) is 4.79 Å². The van der Waals surface area contributed by atoms with Crippen LogP contribution in [0.4, 0.5) is 11.4 Å². The number of nitrogens with one attached hydrogen (secondary N) is 1. The Morgan fingerprint density at radius 2 is 2.05 bits per heavy atom. The van der Waals surface area contributed by atoms with Gasteiger partial charge < -0.3 is 11.1 Å². The molecule has 3 nitrogen and oxygen atoms in total. The van der Waals surface area contributed by atoms with E-state index in [1.807, 2.05) is 37.3 Å². The third-order valence-corrected chi connectivity index (χ3v) is 4.44. The van der Waals surface area contributed by atoms with Crippen molar-refractivity contribution in [1.29, 1.82) is 0 Å². The van der Waals surface area contributed by atoms with Crippen molar-refractivity contribution >= 4 is 40.6 Å². The molecule has 0 saturated carbocycles. The minimum Gasteiger partial charge on any atom is -0.399 e. The van der Waals surface area contributed by atoms with Gasteiger partial charge in [-0.1, -0.05) is 29.8 Å². The number of hydrogen-bond acceptors (Lipinski definition) is 3. The SMILES string of the molecule is Cc1ccc(N)cc1SCCC(=O)Nc1ccccc1Cl. The molecule has 110 valence electrons. The van der Waals surface area contributed by atoms with E-state index in [2.05, 4.69) is 5.32 Å². The van der Waals surface area contributed by atoms with Crippen LogP contribution < -0.4 is 11.1 Å². The highest BCUT2D eigenvalue weighted by Crippen LogP contribution is 2.25. The summed E-state index contributed by atoms with van der Waals surface area (Å²) in [6.45, 7) is 2.03. The van der Waals surface area contributed by atoms with E-state index in [9.17, 15) is 4.79 Å². The van der Waals surface area contributed by atoms with Crippen LogP contribution in [0.2, 0.25) is 5.02 Å². The van der Waals surface area contributed by atoms with Gasteiger partial charge in [0.1, 0.15) is 0 Å². The molecular formula is C16H17ClN2OS. The van der Waals surface area contributed by atoms with Crippen LogP contribution in [0, 0.1) is 6.92 Å². The molecule has 1 amide bonds. The zero-order valence-corrected chi connectivity index (χ0v) is 13.3. The molecule has 0 spiro atoms. The average molecular weight is 321 g/mol. The Bertz CT molecular complexity index is 646. The lowest BCUT2D eigenvalue weighted by Gasteiger charge is -2.08. The zero-order valence-electron chi connectivity index (χ0n) is 11.7. The number of thioether (sulfide) groups is 1. The fraction of sp³-hybridized carbons (Fsp3) is 0.188. The molecule has 0 atom stereocenters. The van der Waals surface area contributed by atoms with E-state index in [1.165, 1.54) is 5.56 Å². The molecule has 0 unspecified atom stereocenters. The van der Waals surface area contributed by atoms with Gasteiger partial charge in [0.2, 0.25) is 5.91 Å². The van der Waals surface area contributed by atoms with Crippen LogP contribution in [0.1, 0.15) is 12.0 Å². The monoisotopic (exact) mass is 320 g/mol. The number of carbonyl (C=O) groups is 1. The number of amides is 1. The zero-order chi connectivity index (χ0) is 15.2. The highest BCUT2D eigenvalue weighted by molar-refractivity contribution is 7.99. The number of hydrogen-bond donors (Lipinski definition) is 2. The number of nitrogens with two attached hydrogens (primary N) is 1. The molecule has 0 aliphatic carbocycles.